The maximum atomic E-state index is 14.3. The number of alkyl halides is 2. The van der Waals surface area contributed by atoms with E-state index in [0.717, 1.165) is 44.4 Å². The molecule has 2 N–H and O–H groups in total. The summed E-state index contributed by atoms with van der Waals surface area (Å²) in [7, 11) is 0. The first-order valence-corrected chi connectivity index (χ1v) is 11.2. The van der Waals surface area contributed by atoms with Crippen LogP contribution in [0.1, 0.15) is 43.7 Å². The number of halogens is 4. The lowest BCUT2D eigenvalue weighted by Crippen LogP contribution is -2.54. The van der Waals surface area contributed by atoms with Crippen molar-refractivity contribution in [3.05, 3.63) is 56.8 Å². The largest absolute Gasteiger partial charge is 0.356 e. The van der Waals surface area contributed by atoms with Crippen LogP contribution in [0, 0.1) is 5.82 Å². The van der Waals surface area contributed by atoms with Gasteiger partial charge in [-0.3, -0.25) is 4.98 Å². The van der Waals surface area contributed by atoms with E-state index in [9.17, 15) is 22.8 Å². The van der Waals surface area contributed by atoms with Gasteiger partial charge >= 0.3 is 11.7 Å². The van der Waals surface area contributed by atoms with E-state index in [1.165, 1.54) is 6.20 Å². The monoisotopic (exact) mass is 483 g/mol. The van der Waals surface area contributed by atoms with Crippen molar-refractivity contribution >= 4 is 23.4 Å². The van der Waals surface area contributed by atoms with Crippen molar-refractivity contribution in [2.45, 2.75) is 57.2 Å². The van der Waals surface area contributed by atoms with Crippen LogP contribution in [0.4, 0.5) is 23.8 Å². The zero-order chi connectivity index (χ0) is 23.8. The highest BCUT2D eigenvalue weighted by Gasteiger charge is 2.39. The van der Waals surface area contributed by atoms with Gasteiger partial charge in [0.1, 0.15) is 11.6 Å². The number of rotatable bonds is 6. The van der Waals surface area contributed by atoms with Gasteiger partial charge in [-0.2, -0.15) is 0 Å². The molecule has 1 saturated heterocycles. The van der Waals surface area contributed by atoms with Crippen molar-refractivity contribution in [3.63, 3.8) is 0 Å². The van der Waals surface area contributed by atoms with E-state index in [2.05, 4.69) is 15.3 Å². The quantitative estimate of drug-likeness (QED) is 0.650. The lowest BCUT2D eigenvalue weighted by atomic mass is 10.0. The number of amides is 2. The van der Waals surface area contributed by atoms with E-state index in [4.69, 9.17) is 11.6 Å². The molecule has 1 aliphatic carbocycles. The summed E-state index contributed by atoms with van der Waals surface area (Å²) < 4.78 is 41.9. The number of piperidine rings is 1. The average molecular weight is 484 g/mol. The molecule has 2 aromatic rings. The summed E-state index contributed by atoms with van der Waals surface area (Å²) in [6.07, 6.45) is 4.80. The molecular formula is C22H25ClF3N5O2. The van der Waals surface area contributed by atoms with Gasteiger partial charge in [-0.25, -0.2) is 27.7 Å². The summed E-state index contributed by atoms with van der Waals surface area (Å²) in [4.78, 5) is 34.8. The summed E-state index contributed by atoms with van der Waals surface area (Å²) in [5.41, 5.74) is -0.976. The second-order valence-electron chi connectivity index (χ2n) is 8.61. The van der Waals surface area contributed by atoms with Gasteiger partial charge in [0.25, 0.3) is 5.92 Å². The third kappa shape index (κ3) is 5.43. The predicted molar refractivity (Wildman–Crippen MR) is 118 cm³/mol. The minimum Gasteiger partial charge on any atom is -0.356 e. The Bertz CT molecular complexity index is 1090. The molecule has 11 heteroatoms. The maximum Gasteiger partial charge on any atom is 0.346 e. The zero-order valence-electron chi connectivity index (χ0n) is 18.1. The van der Waals surface area contributed by atoms with Crippen molar-refractivity contribution in [2.24, 2.45) is 0 Å². The molecule has 4 rings (SSSR count). The lowest BCUT2D eigenvalue weighted by molar-refractivity contribution is 0.0174. The lowest BCUT2D eigenvalue weighted by Gasteiger charge is -2.40. The topological polar surface area (TPSA) is 81.3 Å². The summed E-state index contributed by atoms with van der Waals surface area (Å²) in [5, 5.41) is 2.34. The fraction of sp³-hybridized carbons (Fsp3) is 0.500. The van der Waals surface area contributed by atoms with Gasteiger partial charge in [0.2, 0.25) is 0 Å². The normalized spacial score (nSPS) is 18.8. The van der Waals surface area contributed by atoms with Crippen LogP contribution in [-0.2, 0) is 12.5 Å². The number of nitrogens with one attached hydrogen (secondary N) is 2. The van der Waals surface area contributed by atoms with Gasteiger partial charge in [0.05, 0.1) is 11.1 Å². The molecule has 2 aliphatic rings. The van der Waals surface area contributed by atoms with E-state index in [0.29, 0.717) is 19.3 Å². The first-order valence-electron chi connectivity index (χ1n) is 10.9. The molecule has 0 unspecified atom stereocenters. The Morgan fingerprint density at radius 1 is 1.33 bits per heavy atom. The molecule has 1 saturated carbocycles. The first-order chi connectivity index (χ1) is 15.6. The van der Waals surface area contributed by atoms with E-state index in [1.54, 1.807) is 11.0 Å². The van der Waals surface area contributed by atoms with Crippen LogP contribution in [0.15, 0.2) is 29.2 Å². The number of aromatic nitrogens is 2. The second kappa shape index (κ2) is 9.24. The highest BCUT2D eigenvalue weighted by atomic mass is 35.5. The summed E-state index contributed by atoms with van der Waals surface area (Å²) in [6.45, 7) is 1.72. The molecule has 1 aliphatic heterocycles. The number of hydrogen-bond donors (Lipinski definition) is 2. The molecule has 2 heterocycles. The van der Waals surface area contributed by atoms with Crippen LogP contribution < -0.4 is 15.9 Å². The van der Waals surface area contributed by atoms with Crippen LogP contribution in [-0.4, -0.2) is 46.1 Å². The molecule has 1 atom stereocenters. The van der Waals surface area contributed by atoms with Gasteiger partial charge in [-0.05, 0) is 43.9 Å². The van der Waals surface area contributed by atoms with Crippen molar-refractivity contribution in [2.75, 3.05) is 18.0 Å². The number of carbonyl (C=O) groups is 1. The third-order valence-corrected chi connectivity index (χ3v) is 6.32. The van der Waals surface area contributed by atoms with Crippen molar-refractivity contribution in [3.8, 4) is 0 Å². The molecule has 2 fully saturated rings. The Kier molecular flexibility index (Phi) is 6.56. The van der Waals surface area contributed by atoms with Crippen molar-refractivity contribution < 1.29 is 18.0 Å². The van der Waals surface area contributed by atoms with Crippen LogP contribution in [0.5, 0.6) is 0 Å². The summed E-state index contributed by atoms with van der Waals surface area (Å²) in [6, 6.07) is 3.18. The number of anilines is 1. The Labute approximate surface area is 193 Å². The first kappa shape index (κ1) is 23.4. The predicted octanol–water partition coefficient (Wildman–Crippen LogP) is 4.02. The van der Waals surface area contributed by atoms with Gasteiger partial charge in [-0.15, -0.1) is 0 Å². The standard InChI is InChI=1S/C22H25ClF3N5O2/c1-22(25,26)16-9-13(18(24)10-17(16)23)11-28-21(33)31(14-4-5-14)15-3-2-8-30(12-15)19-6-7-27-20(32)29-19/h6-7,9-10,14-15H,2-5,8,11-12H2,1H3,(H,28,33)(H,27,29,32)/t15-/m1/s1. The number of carbonyl (C=O) groups excluding carboxylic acids is 1. The van der Waals surface area contributed by atoms with E-state index >= 15 is 0 Å². The average Bonchev–Trinajstić information content (AvgIpc) is 3.57. The molecule has 178 valence electrons. The van der Waals surface area contributed by atoms with Crippen LogP contribution in [0.3, 0.4) is 0 Å². The van der Waals surface area contributed by atoms with E-state index < -0.39 is 23.0 Å². The molecule has 0 radical (unpaired) electrons. The molecule has 33 heavy (non-hydrogen) atoms. The molecule has 1 aromatic carbocycles. The SMILES string of the molecule is CC(F)(F)c1cc(CNC(=O)N(C2CC2)[C@@H]2CCCN(c3ccnc(=O)[nH]3)C2)c(F)cc1Cl. The van der Waals surface area contributed by atoms with Crippen molar-refractivity contribution in [1.29, 1.82) is 0 Å². The molecule has 2 amide bonds. The van der Waals surface area contributed by atoms with Gasteiger partial charge in [-0.1, -0.05) is 11.6 Å². The fourth-order valence-electron chi connectivity index (χ4n) is 4.25. The number of hydrogen-bond acceptors (Lipinski definition) is 4. The van der Waals surface area contributed by atoms with E-state index in [1.807, 2.05) is 4.90 Å². The van der Waals surface area contributed by atoms with Crippen LogP contribution >= 0.6 is 11.6 Å². The summed E-state index contributed by atoms with van der Waals surface area (Å²) >= 11 is 5.78. The minimum atomic E-state index is -3.23. The number of nitrogens with zero attached hydrogens (tertiary/aromatic N) is 3. The third-order valence-electron chi connectivity index (χ3n) is 6.00. The Morgan fingerprint density at radius 2 is 2.09 bits per heavy atom. The molecule has 0 spiro atoms. The zero-order valence-corrected chi connectivity index (χ0v) is 18.8. The Hall–Kier alpha value is -2.75. The molecular weight excluding hydrogens is 459 g/mol. The number of H-pyrrole nitrogens is 1. The maximum absolute atomic E-state index is 14.3. The number of aromatic amines is 1. The highest BCUT2D eigenvalue weighted by molar-refractivity contribution is 6.31. The van der Waals surface area contributed by atoms with E-state index in [-0.39, 0.29) is 35.2 Å². The van der Waals surface area contributed by atoms with Crippen LogP contribution in [0.2, 0.25) is 5.02 Å². The van der Waals surface area contributed by atoms with Crippen molar-refractivity contribution in [1.82, 2.24) is 20.2 Å². The van der Waals surface area contributed by atoms with Gasteiger partial charge < -0.3 is 15.1 Å². The Morgan fingerprint density at radius 3 is 2.76 bits per heavy atom. The molecule has 7 nitrogen and oxygen atoms in total. The smallest absolute Gasteiger partial charge is 0.346 e. The van der Waals surface area contributed by atoms with Gasteiger partial charge in [0, 0.05) is 49.9 Å². The van der Waals surface area contributed by atoms with Gasteiger partial charge in [0.15, 0.2) is 0 Å². The van der Waals surface area contributed by atoms with Crippen LogP contribution in [0.25, 0.3) is 0 Å². The summed E-state index contributed by atoms with van der Waals surface area (Å²) in [5.74, 6) is -3.34. The second-order valence-corrected chi connectivity index (χ2v) is 9.02. The number of benzene rings is 1. The number of urea groups is 1. The Balaban J connectivity index is 1.47. The minimum absolute atomic E-state index is 0.0559. The fourth-order valence-corrected chi connectivity index (χ4v) is 4.57. The molecule has 1 aromatic heterocycles. The highest BCUT2D eigenvalue weighted by Crippen LogP contribution is 2.35. The molecule has 0 bridgehead atoms.